The second kappa shape index (κ2) is 6.65. The minimum Gasteiger partial charge on any atom is -0.378 e. The third-order valence-corrected chi connectivity index (χ3v) is 4.66. The van der Waals surface area contributed by atoms with Crippen LogP contribution in [0.1, 0.15) is 47.7 Å². The van der Waals surface area contributed by atoms with E-state index in [0.29, 0.717) is 6.04 Å². The van der Waals surface area contributed by atoms with Crippen LogP contribution in [0.25, 0.3) is 0 Å². The first kappa shape index (κ1) is 16.1. The molecule has 2 aromatic carbocycles. The molecule has 0 radical (unpaired) electrons. The van der Waals surface area contributed by atoms with E-state index in [9.17, 15) is 0 Å². The molecule has 0 saturated heterocycles. The van der Waals surface area contributed by atoms with Crippen LogP contribution >= 0.6 is 15.9 Å². The topological polar surface area (TPSA) is 12.0 Å². The van der Waals surface area contributed by atoms with E-state index in [-0.39, 0.29) is 0 Å². The Morgan fingerprint density at radius 2 is 1.67 bits per heavy atom. The molecule has 2 aromatic rings. The van der Waals surface area contributed by atoms with E-state index in [0.717, 1.165) is 10.9 Å². The Balaban J connectivity index is 2.30. The first-order valence-electron chi connectivity index (χ1n) is 7.55. The van der Waals surface area contributed by atoms with Crippen LogP contribution in [-0.4, -0.2) is 0 Å². The standard InChI is InChI=1S/C19H24BrN/c1-6-16-11-17(20)7-8-19(16)21-15(5)18-10-13(3)12(2)9-14(18)4/h7-11,15,21H,6H2,1-5H3. The fourth-order valence-corrected chi connectivity index (χ4v) is 3.16. The molecule has 0 amide bonds. The molecule has 0 aliphatic carbocycles. The van der Waals surface area contributed by atoms with Gasteiger partial charge in [0.15, 0.2) is 0 Å². The molecule has 1 unspecified atom stereocenters. The molecule has 0 aromatic heterocycles. The number of halogens is 1. The van der Waals surface area contributed by atoms with Crippen molar-refractivity contribution in [2.24, 2.45) is 0 Å². The highest BCUT2D eigenvalue weighted by molar-refractivity contribution is 9.10. The van der Waals surface area contributed by atoms with E-state index >= 15 is 0 Å². The Kier molecular flexibility index (Phi) is 5.10. The summed E-state index contributed by atoms with van der Waals surface area (Å²) in [7, 11) is 0. The maximum Gasteiger partial charge on any atom is 0.0488 e. The summed E-state index contributed by atoms with van der Waals surface area (Å²) < 4.78 is 1.14. The summed E-state index contributed by atoms with van der Waals surface area (Å²) in [5.74, 6) is 0. The summed E-state index contributed by atoms with van der Waals surface area (Å²) >= 11 is 3.55. The van der Waals surface area contributed by atoms with Crippen LogP contribution in [0, 0.1) is 20.8 Å². The summed E-state index contributed by atoms with van der Waals surface area (Å²) in [6.45, 7) is 11.0. The highest BCUT2D eigenvalue weighted by atomic mass is 79.9. The van der Waals surface area contributed by atoms with E-state index in [1.54, 1.807) is 0 Å². The highest BCUT2D eigenvalue weighted by Gasteiger charge is 2.11. The third-order valence-electron chi connectivity index (χ3n) is 4.17. The van der Waals surface area contributed by atoms with Crippen LogP contribution in [0.4, 0.5) is 5.69 Å². The summed E-state index contributed by atoms with van der Waals surface area (Å²) in [5, 5.41) is 3.67. The zero-order valence-electron chi connectivity index (χ0n) is 13.5. The molecule has 0 aliphatic heterocycles. The van der Waals surface area contributed by atoms with E-state index < -0.39 is 0 Å². The average Bonchev–Trinajstić information content (AvgIpc) is 2.44. The van der Waals surface area contributed by atoms with E-state index in [1.807, 2.05) is 0 Å². The Labute approximate surface area is 136 Å². The van der Waals surface area contributed by atoms with Gasteiger partial charge in [-0.3, -0.25) is 0 Å². The number of rotatable bonds is 4. The smallest absolute Gasteiger partial charge is 0.0488 e. The minimum atomic E-state index is 0.302. The van der Waals surface area contributed by atoms with Gasteiger partial charge in [-0.05, 0) is 80.1 Å². The number of hydrogen-bond acceptors (Lipinski definition) is 1. The first-order chi connectivity index (χ1) is 9.92. The fraction of sp³-hybridized carbons (Fsp3) is 0.368. The summed E-state index contributed by atoms with van der Waals surface area (Å²) in [5.41, 5.74) is 8.02. The Hall–Kier alpha value is -1.28. The predicted octanol–water partition coefficient (Wildman–Crippen LogP) is 6.11. The molecule has 2 heteroatoms. The third kappa shape index (κ3) is 3.68. The normalized spacial score (nSPS) is 12.3. The van der Waals surface area contributed by atoms with Gasteiger partial charge in [0.05, 0.1) is 0 Å². The molecular formula is C19H24BrN. The van der Waals surface area contributed by atoms with Crippen molar-refractivity contribution in [1.82, 2.24) is 0 Å². The van der Waals surface area contributed by atoms with Gasteiger partial charge in [-0.15, -0.1) is 0 Å². The Bertz CT molecular complexity index is 646. The van der Waals surface area contributed by atoms with Crippen molar-refractivity contribution in [3.05, 3.63) is 62.6 Å². The summed E-state index contributed by atoms with van der Waals surface area (Å²) in [6.07, 6.45) is 1.03. The van der Waals surface area contributed by atoms with Crippen molar-refractivity contribution in [2.45, 2.75) is 47.1 Å². The van der Waals surface area contributed by atoms with Crippen LogP contribution in [0.15, 0.2) is 34.8 Å². The van der Waals surface area contributed by atoms with Crippen LogP contribution in [0.2, 0.25) is 0 Å². The van der Waals surface area contributed by atoms with Crippen LogP contribution < -0.4 is 5.32 Å². The van der Waals surface area contributed by atoms with Crippen molar-refractivity contribution in [3.63, 3.8) is 0 Å². The average molecular weight is 346 g/mol. The second-order valence-corrected chi connectivity index (χ2v) is 6.73. The van der Waals surface area contributed by atoms with Crippen molar-refractivity contribution in [2.75, 3.05) is 5.32 Å². The zero-order valence-corrected chi connectivity index (χ0v) is 15.1. The van der Waals surface area contributed by atoms with Crippen molar-refractivity contribution >= 4 is 21.6 Å². The summed E-state index contributed by atoms with van der Waals surface area (Å²) in [4.78, 5) is 0. The number of anilines is 1. The van der Waals surface area contributed by atoms with E-state index in [1.165, 1.54) is 33.5 Å². The zero-order chi connectivity index (χ0) is 15.6. The van der Waals surface area contributed by atoms with Crippen LogP contribution in [0.3, 0.4) is 0 Å². The van der Waals surface area contributed by atoms with Gasteiger partial charge in [-0.2, -0.15) is 0 Å². The van der Waals surface area contributed by atoms with Gasteiger partial charge in [0.1, 0.15) is 0 Å². The second-order valence-electron chi connectivity index (χ2n) is 5.81. The van der Waals surface area contributed by atoms with Crippen LogP contribution in [0.5, 0.6) is 0 Å². The van der Waals surface area contributed by atoms with Gasteiger partial charge >= 0.3 is 0 Å². The molecule has 0 bridgehead atoms. The fourth-order valence-electron chi connectivity index (χ4n) is 2.76. The van der Waals surface area contributed by atoms with Gasteiger partial charge in [0.25, 0.3) is 0 Å². The maximum atomic E-state index is 3.67. The van der Waals surface area contributed by atoms with Gasteiger partial charge in [-0.1, -0.05) is 35.0 Å². The lowest BCUT2D eigenvalue weighted by Gasteiger charge is -2.21. The molecule has 0 spiro atoms. The molecule has 1 N–H and O–H groups in total. The van der Waals surface area contributed by atoms with Gasteiger partial charge < -0.3 is 5.32 Å². The lowest BCUT2D eigenvalue weighted by atomic mass is 9.96. The lowest BCUT2D eigenvalue weighted by Crippen LogP contribution is -2.10. The monoisotopic (exact) mass is 345 g/mol. The molecule has 1 atom stereocenters. The van der Waals surface area contributed by atoms with Gasteiger partial charge in [-0.25, -0.2) is 0 Å². The molecule has 21 heavy (non-hydrogen) atoms. The predicted molar refractivity (Wildman–Crippen MR) is 96.2 cm³/mol. The molecule has 0 saturated carbocycles. The van der Waals surface area contributed by atoms with Gasteiger partial charge in [0, 0.05) is 16.2 Å². The largest absolute Gasteiger partial charge is 0.378 e. The first-order valence-corrected chi connectivity index (χ1v) is 8.34. The van der Waals surface area contributed by atoms with Crippen molar-refractivity contribution < 1.29 is 0 Å². The van der Waals surface area contributed by atoms with Crippen LogP contribution in [-0.2, 0) is 6.42 Å². The minimum absolute atomic E-state index is 0.302. The molecule has 0 aliphatic rings. The highest BCUT2D eigenvalue weighted by Crippen LogP contribution is 2.28. The molecular weight excluding hydrogens is 322 g/mol. The van der Waals surface area contributed by atoms with Crippen molar-refractivity contribution in [1.29, 1.82) is 0 Å². The Morgan fingerprint density at radius 1 is 1.00 bits per heavy atom. The molecule has 1 nitrogen and oxygen atoms in total. The lowest BCUT2D eigenvalue weighted by molar-refractivity contribution is 0.866. The number of hydrogen-bond donors (Lipinski definition) is 1. The van der Waals surface area contributed by atoms with E-state index in [4.69, 9.17) is 0 Å². The van der Waals surface area contributed by atoms with Crippen molar-refractivity contribution in [3.8, 4) is 0 Å². The Morgan fingerprint density at radius 3 is 2.33 bits per heavy atom. The molecule has 0 fully saturated rings. The SMILES string of the molecule is CCc1cc(Br)ccc1NC(C)c1cc(C)c(C)cc1C. The maximum absolute atomic E-state index is 3.67. The summed E-state index contributed by atoms with van der Waals surface area (Å²) in [6, 6.07) is 11.4. The molecule has 2 rings (SSSR count). The number of benzene rings is 2. The number of aryl methyl sites for hydroxylation is 4. The molecule has 0 heterocycles. The van der Waals surface area contributed by atoms with Gasteiger partial charge in [0.2, 0.25) is 0 Å². The molecule has 112 valence electrons. The number of nitrogens with one attached hydrogen (secondary N) is 1. The quantitative estimate of drug-likeness (QED) is 0.704. The van der Waals surface area contributed by atoms with E-state index in [2.05, 4.69) is 86.2 Å².